The predicted molar refractivity (Wildman–Crippen MR) is 69.7 cm³/mol. The molecule has 3 nitrogen and oxygen atoms in total. The van der Waals surface area contributed by atoms with Crippen molar-refractivity contribution in [1.82, 2.24) is 5.32 Å². The number of carbonyl (C=O) groups is 1. The molecule has 0 saturated heterocycles. The highest BCUT2D eigenvalue weighted by Crippen LogP contribution is 2.17. The molecule has 1 aromatic rings. The van der Waals surface area contributed by atoms with Crippen LogP contribution in [0.3, 0.4) is 0 Å². The fraction of sp³-hybridized carbons (Fsp3) is 0.462. The van der Waals surface area contributed by atoms with Gasteiger partial charge in [0.15, 0.2) is 0 Å². The van der Waals surface area contributed by atoms with Gasteiger partial charge in [0.25, 0.3) is 5.91 Å². The van der Waals surface area contributed by atoms with E-state index >= 15 is 0 Å². The lowest BCUT2D eigenvalue weighted by atomic mass is 10.1. The fourth-order valence-corrected chi connectivity index (χ4v) is 1.67. The van der Waals surface area contributed by atoms with Crippen molar-refractivity contribution < 1.29 is 9.90 Å². The van der Waals surface area contributed by atoms with E-state index in [9.17, 15) is 9.90 Å². The topological polar surface area (TPSA) is 49.3 Å². The summed E-state index contributed by atoms with van der Waals surface area (Å²) >= 11 is 5.80. The molecule has 1 amide bonds. The summed E-state index contributed by atoms with van der Waals surface area (Å²) in [6.07, 6.45) is 1.70. The molecular weight excluding hydrogens is 238 g/mol. The van der Waals surface area contributed by atoms with Crippen molar-refractivity contribution in [2.75, 3.05) is 6.54 Å². The van der Waals surface area contributed by atoms with Crippen LogP contribution in [0.25, 0.3) is 0 Å². The van der Waals surface area contributed by atoms with Crippen LogP contribution in [0.15, 0.2) is 18.2 Å². The summed E-state index contributed by atoms with van der Waals surface area (Å²) in [5.41, 5.74) is 1.27. The van der Waals surface area contributed by atoms with Crippen LogP contribution in [0.4, 0.5) is 0 Å². The van der Waals surface area contributed by atoms with Gasteiger partial charge in [0, 0.05) is 11.9 Å². The Kier molecular flexibility index (Phi) is 5.29. The molecule has 0 bridgehead atoms. The predicted octanol–water partition coefficient (Wildman–Crippen LogP) is 2.84. The number of alkyl halides is 1. The van der Waals surface area contributed by atoms with Gasteiger partial charge in [-0.1, -0.05) is 11.6 Å². The fourth-order valence-electron chi connectivity index (χ4n) is 1.51. The van der Waals surface area contributed by atoms with Crippen LogP contribution in [-0.2, 0) is 0 Å². The first kappa shape index (κ1) is 13.8. The summed E-state index contributed by atoms with van der Waals surface area (Å²) < 4.78 is 0. The Bertz CT molecular complexity index is 391. The zero-order valence-electron chi connectivity index (χ0n) is 10.2. The molecule has 4 heteroatoms. The quantitative estimate of drug-likeness (QED) is 0.628. The molecule has 1 unspecified atom stereocenters. The number of hydrogen-bond acceptors (Lipinski definition) is 2. The second-order valence-corrected chi connectivity index (χ2v) is 4.94. The Balaban J connectivity index is 2.49. The molecule has 0 aliphatic rings. The molecular formula is C13H18ClNO2. The molecule has 0 aliphatic heterocycles. The molecule has 1 atom stereocenters. The van der Waals surface area contributed by atoms with E-state index in [0.29, 0.717) is 12.1 Å². The van der Waals surface area contributed by atoms with Gasteiger partial charge in [0.1, 0.15) is 5.75 Å². The Morgan fingerprint density at radius 2 is 2.24 bits per heavy atom. The van der Waals surface area contributed by atoms with E-state index in [4.69, 9.17) is 11.6 Å². The number of phenolic OH excluding ortho intramolecular Hbond substituents is 1. The van der Waals surface area contributed by atoms with Crippen molar-refractivity contribution in [2.45, 2.75) is 32.1 Å². The minimum absolute atomic E-state index is 0.0128. The standard InChI is InChI=1S/C13H18ClNO2/c1-9-5-6-12(16)11(8-9)13(17)15-7-3-4-10(2)14/h5-6,8,10,16H,3-4,7H2,1-2H3,(H,15,17). The number of halogens is 1. The minimum atomic E-state index is -0.242. The van der Waals surface area contributed by atoms with Crippen LogP contribution >= 0.6 is 11.6 Å². The van der Waals surface area contributed by atoms with Crippen LogP contribution in [-0.4, -0.2) is 22.9 Å². The monoisotopic (exact) mass is 255 g/mol. The maximum absolute atomic E-state index is 11.8. The summed E-state index contributed by atoms with van der Waals surface area (Å²) in [7, 11) is 0. The molecule has 17 heavy (non-hydrogen) atoms. The third-order valence-electron chi connectivity index (χ3n) is 2.46. The summed E-state index contributed by atoms with van der Waals surface area (Å²) in [5, 5.41) is 12.5. The van der Waals surface area contributed by atoms with Crippen molar-refractivity contribution in [2.24, 2.45) is 0 Å². The van der Waals surface area contributed by atoms with E-state index in [1.807, 2.05) is 13.8 Å². The largest absolute Gasteiger partial charge is 0.507 e. The number of hydrogen-bond donors (Lipinski definition) is 2. The molecule has 94 valence electrons. The first-order valence-electron chi connectivity index (χ1n) is 5.72. The van der Waals surface area contributed by atoms with E-state index in [1.165, 1.54) is 6.07 Å². The molecule has 2 N–H and O–H groups in total. The number of amides is 1. The highest BCUT2D eigenvalue weighted by atomic mass is 35.5. The van der Waals surface area contributed by atoms with Gasteiger partial charge in [0.05, 0.1) is 5.56 Å². The maximum Gasteiger partial charge on any atom is 0.255 e. The zero-order valence-corrected chi connectivity index (χ0v) is 10.9. The van der Waals surface area contributed by atoms with E-state index in [2.05, 4.69) is 5.32 Å². The van der Waals surface area contributed by atoms with Crippen molar-refractivity contribution in [3.8, 4) is 5.75 Å². The van der Waals surface area contributed by atoms with Gasteiger partial charge < -0.3 is 10.4 Å². The summed E-state index contributed by atoms with van der Waals surface area (Å²) in [5.74, 6) is -0.229. The van der Waals surface area contributed by atoms with Crippen LogP contribution in [0.1, 0.15) is 35.7 Å². The molecule has 0 aliphatic carbocycles. The Labute approximate surface area is 107 Å². The van der Waals surface area contributed by atoms with Gasteiger partial charge in [-0.05, 0) is 38.8 Å². The molecule has 1 aromatic carbocycles. The second kappa shape index (κ2) is 6.50. The van der Waals surface area contributed by atoms with Gasteiger partial charge in [-0.3, -0.25) is 4.79 Å². The van der Waals surface area contributed by atoms with E-state index in [1.54, 1.807) is 12.1 Å². The Hall–Kier alpha value is -1.22. The molecule has 0 aromatic heterocycles. The second-order valence-electron chi connectivity index (χ2n) is 4.20. The van der Waals surface area contributed by atoms with Gasteiger partial charge in [0.2, 0.25) is 0 Å². The molecule has 0 fully saturated rings. The number of nitrogens with one attached hydrogen (secondary N) is 1. The highest BCUT2D eigenvalue weighted by Gasteiger charge is 2.10. The number of aromatic hydroxyl groups is 1. The molecule has 0 saturated carbocycles. The minimum Gasteiger partial charge on any atom is -0.507 e. The van der Waals surface area contributed by atoms with Gasteiger partial charge in [-0.25, -0.2) is 0 Å². The van der Waals surface area contributed by atoms with E-state index < -0.39 is 0 Å². The van der Waals surface area contributed by atoms with E-state index in [0.717, 1.165) is 18.4 Å². The van der Waals surface area contributed by atoms with E-state index in [-0.39, 0.29) is 17.0 Å². The average Bonchev–Trinajstić information content (AvgIpc) is 2.27. The van der Waals surface area contributed by atoms with Crippen molar-refractivity contribution >= 4 is 17.5 Å². The summed E-state index contributed by atoms with van der Waals surface area (Å²) in [6, 6.07) is 4.97. The highest BCUT2D eigenvalue weighted by molar-refractivity contribution is 6.20. The van der Waals surface area contributed by atoms with Gasteiger partial charge in [-0.15, -0.1) is 11.6 Å². The first-order chi connectivity index (χ1) is 8.00. The van der Waals surface area contributed by atoms with Crippen molar-refractivity contribution in [3.05, 3.63) is 29.3 Å². The first-order valence-corrected chi connectivity index (χ1v) is 6.16. The Morgan fingerprint density at radius 3 is 2.88 bits per heavy atom. The molecule has 0 radical (unpaired) electrons. The lowest BCUT2D eigenvalue weighted by molar-refractivity contribution is 0.0950. The summed E-state index contributed by atoms with van der Waals surface area (Å²) in [4.78, 5) is 11.8. The zero-order chi connectivity index (χ0) is 12.8. The molecule has 1 rings (SSSR count). The Morgan fingerprint density at radius 1 is 1.53 bits per heavy atom. The van der Waals surface area contributed by atoms with Crippen LogP contribution < -0.4 is 5.32 Å². The SMILES string of the molecule is Cc1ccc(O)c(C(=O)NCCCC(C)Cl)c1. The number of benzene rings is 1. The van der Waals surface area contributed by atoms with Gasteiger partial charge in [-0.2, -0.15) is 0 Å². The normalized spacial score (nSPS) is 12.2. The third kappa shape index (κ3) is 4.65. The van der Waals surface area contributed by atoms with Crippen LogP contribution in [0.5, 0.6) is 5.75 Å². The van der Waals surface area contributed by atoms with Crippen molar-refractivity contribution in [1.29, 1.82) is 0 Å². The summed E-state index contributed by atoms with van der Waals surface area (Å²) in [6.45, 7) is 4.38. The molecule has 0 spiro atoms. The number of aryl methyl sites for hydroxylation is 1. The van der Waals surface area contributed by atoms with Crippen molar-refractivity contribution in [3.63, 3.8) is 0 Å². The van der Waals surface area contributed by atoms with Gasteiger partial charge >= 0.3 is 0 Å². The number of rotatable bonds is 5. The third-order valence-corrected chi connectivity index (χ3v) is 2.68. The molecule has 0 heterocycles. The van der Waals surface area contributed by atoms with Crippen LogP contribution in [0.2, 0.25) is 0 Å². The lowest BCUT2D eigenvalue weighted by Gasteiger charge is -2.08. The smallest absolute Gasteiger partial charge is 0.255 e. The lowest BCUT2D eigenvalue weighted by Crippen LogP contribution is -2.24. The van der Waals surface area contributed by atoms with Crippen LogP contribution in [0, 0.1) is 6.92 Å². The number of phenols is 1. The maximum atomic E-state index is 11.8. The average molecular weight is 256 g/mol. The number of carbonyl (C=O) groups excluding carboxylic acids is 1.